The van der Waals surface area contributed by atoms with Gasteiger partial charge in [-0.3, -0.25) is 9.88 Å². The summed E-state index contributed by atoms with van der Waals surface area (Å²) in [5.41, 5.74) is 4.66. The Morgan fingerprint density at radius 2 is 1.77 bits per heavy atom. The van der Waals surface area contributed by atoms with Crippen molar-refractivity contribution < 1.29 is 4.79 Å². The van der Waals surface area contributed by atoms with Gasteiger partial charge in [0.25, 0.3) is 0 Å². The fraction of sp³-hybridized carbons (Fsp3) is 0.143. The number of anilines is 2. The molecule has 1 aliphatic rings. The third kappa shape index (κ3) is 3.48. The number of hydrogen-bond acceptors (Lipinski definition) is 2. The number of nitrogens with one attached hydrogen (secondary N) is 1. The minimum absolute atomic E-state index is 0.115. The Kier molecular flexibility index (Phi) is 4.71. The lowest BCUT2D eigenvalue weighted by molar-refractivity contribution is 0.256. The lowest BCUT2D eigenvalue weighted by Crippen LogP contribution is -2.39. The van der Waals surface area contributed by atoms with Crippen molar-refractivity contribution in [3.05, 3.63) is 76.9 Å². The van der Waals surface area contributed by atoms with Gasteiger partial charge in [0.15, 0.2) is 0 Å². The van der Waals surface area contributed by atoms with Crippen LogP contribution in [0.4, 0.5) is 16.2 Å². The first-order valence-electron chi connectivity index (χ1n) is 8.60. The molecule has 1 N–H and O–H groups in total. The molecular weight excluding hydrogens is 390 g/mol. The van der Waals surface area contributed by atoms with Crippen molar-refractivity contribution in [3.63, 3.8) is 0 Å². The van der Waals surface area contributed by atoms with Crippen LogP contribution in [0.2, 0.25) is 0 Å². The summed E-state index contributed by atoms with van der Waals surface area (Å²) in [4.78, 5) is 19.3. The monoisotopic (exact) mass is 407 g/mol. The number of aromatic nitrogens is 1. The number of aryl methyl sites for hydroxylation is 1. The van der Waals surface area contributed by atoms with Gasteiger partial charge in [-0.05, 0) is 49.2 Å². The Bertz CT molecular complexity index is 926. The van der Waals surface area contributed by atoms with Gasteiger partial charge in [0.1, 0.15) is 0 Å². The van der Waals surface area contributed by atoms with Crippen LogP contribution in [-0.4, -0.2) is 17.6 Å². The van der Waals surface area contributed by atoms with E-state index in [9.17, 15) is 4.79 Å². The zero-order chi connectivity index (χ0) is 17.9. The number of nitrogens with zero attached hydrogens (tertiary/aromatic N) is 2. The lowest BCUT2D eigenvalue weighted by Gasteiger charge is -2.29. The number of amides is 2. The fourth-order valence-electron chi connectivity index (χ4n) is 3.15. The Labute approximate surface area is 161 Å². The van der Waals surface area contributed by atoms with Gasteiger partial charge in [0, 0.05) is 22.3 Å². The number of carbonyl (C=O) groups excluding carboxylic acids is 1. The van der Waals surface area contributed by atoms with Crippen molar-refractivity contribution in [2.24, 2.45) is 0 Å². The summed E-state index contributed by atoms with van der Waals surface area (Å²) in [5, 5.41) is 2.96. The van der Waals surface area contributed by atoms with E-state index in [2.05, 4.69) is 21.2 Å². The molecule has 2 amide bonds. The maximum atomic E-state index is 12.7. The van der Waals surface area contributed by atoms with E-state index in [-0.39, 0.29) is 6.03 Å². The molecule has 1 aromatic heterocycles. The second-order valence-corrected chi connectivity index (χ2v) is 7.14. The van der Waals surface area contributed by atoms with Crippen molar-refractivity contribution in [3.8, 4) is 11.3 Å². The third-order valence-corrected chi connectivity index (χ3v) is 4.98. The molecule has 3 aromatic rings. The minimum atomic E-state index is -0.115. The molecule has 4 rings (SSSR count). The Balaban J connectivity index is 1.60. The zero-order valence-electron chi connectivity index (χ0n) is 14.2. The predicted octanol–water partition coefficient (Wildman–Crippen LogP) is 5.50. The average molecular weight is 408 g/mol. The van der Waals surface area contributed by atoms with Crippen LogP contribution in [0.3, 0.4) is 0 Å². The van der Waals surface area contributed by atoms with Crippen molar-refractivity contribution >= 4 is 33.3 Å². The fourth-order valence-corrected chi connectivity index (χ4v) is 3.42. The van der Waals surface area contributed by atoms with Crippen LogP contribution in [-0.2, 0) is 6.42 Å². The number of hydrogen-bond donors (Lipinski definition) is 1. The highest BCUT2D eigenvalue weighted by molar-refractivity contribution is 9.10. The number of rotatable bonds is 2. The van der Waals surface area contributed by atoms with Gasteiger partial charge in [0.2, 0.25) is 0 Å². The summed E-state index contributed by atoms with van der Waals surface area (Å²) in [5.74, 6) is 0. The summed E-state index contributed by atoms with van der Waals surface area (Å²) in [6, 6.07) is 21.5. The van der Waals surface area contributed by atoms with E-state index in [4.69, 9.17) is 4.98 Å². The summed E-state index contributed by atoms with van der Waals surface area (Å²) in [6.07, 6.45) is 1.79. The third-order valence-electron chi connectivity index (χ3n) is 4.45. The number of pyridine rings is 1. The van der Waals surface area contributed by atoms with Gasteiger partial charge in [0.05, 0.1) is 17.1 Å². The maximum Gasteiger partial charge on any atom is 0.326 e. The van der Waals surface area contributed by atoms with Crippen LogP contribution in [0.15, 0.2) is 71.2 Å². The maximum absolute atomic E-state index is 12.7. The molecule has 26 heavy (non-hydrogen) atoms. The normalized spacial score (nSPS) is 13.2. The number of halogens is 1. The molecule has 0 unspecified atom stereocenters. The number of fused-ring (bicyclic) bond motifs is 1. The highest BCUT2D eigenvalue weighted by Crippen LogP contribution is 2.30. The summed E-state index contributed by atoms with van der Waals surface area (Å²) < 4.78 is 1.04. The lowest BCUT2D eigenvalue weighted by atomic mass is 10.1. The SMILES string of the molecule is O=C(Nc1ccccc1)N1CCCc2nc(-c3ccc(Br)cc3)ccc21. The van der Waals surface area contributed by atoms with Crippen LogP contribution in [0.5, 0.6) is 0 Å². The smallest absolute Gasteiger partial charge is 0.308 e. The van der Waals surface area contributed by atoms with E-state index in [1.165, 1.54) is 0 Å². The van der Waals surface area contributed by atoms with Gasteiger partial charge < -0.3 is 5.32 Å². The van der Waals surface area contributed by atoms with Crippen molar-refractivity contribution in [1.82, 2.24) is 4.98 Å². The summed E-state index contributed by atoms with van der Waals surface area (Å²) >= 11 is 3.46. The van der Waals surface area contributed by atoms with Crippen molar-refractivity contribution in [2.75, 3.05) is 16.8 Å². The molecule has 0 aliphatic carbocycles. The molecule has 0 atom stereocenters. The van der Waals surface area contributed by atoms with Gasteiger partial charge in [-0.25, -0.2) is 4.79 Å². The van der Waals surface area contributed by atoms with Gasteiger partial charge in [-0.1, -0.05) is 46.3 Å². The highest BCUT2D eigenvalue weighted by Gasteiger charge is 2.24. The Hall–Kier alpha value is -2.66. The molecule has 0 bridgehead atoms. The molecule has 1 aliphatic heterocycles. The van der Waals surface area contributed by atoms with Crippen molar-refractivity contribution in [1.29, 1.82) is 0 Å². The molecule has 0 spiro atoms. The molecule has 0 saturated carbocycles. The van der Waals surface area contributed by atoms with E-state index in [1.54, 1.807) is 4.90 Å². The summed E-state index contributed by atoms with van der Waals surface area (Å²) in [6.45, 7) is 0.699. The van der Waals surface area contributed by atoms with E-state index in [0.717, 1.165) is 45.6 Å². The first-order chi connectivity index (χ1) is 12.7. The number of para-hydroxylation sites is 1. The highest BCUT2D eigenvalue weighted by atomic mass is 79.9. The topological polar surface area (TPSA) is 45.2 Å². The largest absolute Gasteiger partial charge is 0.326 e. The first kappa shape index (κ1) is 16.8. The molecule has 130 valence electrons. The van der Waals surface area contributed by atoms with Crippen LogP contribution >= 0.6 is 15.9 Å². The zero-order valence-corrected chi connectivity index (χ0v) is 15.7. The Morgan fingerprint density at radius 1 is 1.00 bits per heavy atom. The van der Waals surface area contributed by atoms with Crippen LogP contribution in [0.1, 0.15) is 12.1 Å². The van der Waals surface area contributed by atoms with Crippen molar-refractivity contribution in [2.45, 2.75) is 12.8 Å². The molecule has 0 saturated heterocycles. The van der Waals surface area contributed by atoms with Gasteiger partial charge >= 0.3 is 6.03 Å². The van der Waals surface area contributed by atoms with Crippen LogP contribution in [0.25, 0.3) is 11.3 Å². The van der Waals surface area contributed by atoms with E-state index < -0.39 is 0 Å². The number of benzene rings is 2. The molecule has 2 aromatic carbocycles. The van der Waals surface area contributed by atoms with Crippen LogP contribution in [0, 0.1) is 0 Å². The molecule has 0 fully saturated rings. The predicted molar refractivity (Wildman–Crippen MR) is 109 cm³/mol. The number of urea groups is 1. The van der Waals surface area contributed by atoms with E-state index in [0.29, 0.717) is 6.54 Å². The van der Waals surface area contributed by atoms with E-state index >= 15 is 0 Å². The minimum Gasteiger partial charge on any atom is -0.308 e. The standard InChI is InChI=1S/C21H18BrN3O/c22-16-10-8-15(9-11-16)18-12-13-20-19(24-18)7-4-14-25(20)21(26)23-17-5-2-1-3-6-17/h1-3,5-6,8-13H,4,7,14H2,(H,23,26). The van der Waals surface area contributed by atoms with E-state index in [1.807, 2.05) is 66.7 Å². The van der Waals surface area contributed by atoms with Crippen LogP contribution < -0.4 is 10.2 Å². The second kappa shape index (κ2) is 7.30. The summed E-state index contributed by atoms with van der Waals surface area (Å²) in [7, 11) is 0. The van der Waals surface area contributed by atoms with Gasteiger partial charge in [-0.15, -0.1) is 0 Å². The average Bonchev–Trinajstić information content (AvgIpc) is 2.68. The van der Waals surface area contributed by atoms with Gasteiger partial charge in [-0.2, -0.15) is 0 Å². The number of carbonyl (C=O) groups is 1. The molecule has 2 heterocycles. The molecular formula is C21H18BrN3O. The quantitative estimate of drug-likeness (QED) is 0.609. The first-order valence-corrected chi connectivity index (χ1v) is 9.39. The Morgan fingerprint density at radius 3 is 2.54 bits per heavy atom. The second-order valence-electron chi connectivity index (χ2n) is 6.22. The molecule has 0 radical (unpaired) electrons. The molecule has 4 nitrogen and oxygen atoms in total. The molecule has 5 heteroatoms.